The zero-order valence-electron chi connectivity index (χ0n) is 18.7. The summed E-state index contributed by atoms with van der Waals surface area (Å²) in [5.74, 6) is 1.59. The summed E-state index contributed by atoms with van der Waals surface area (Å²) < 4.78 is 19.3. The number of nitrogens with zero attached hydrogens (tertiary/aromatic N) is 1. The van der Waals surface area contributed by atoms with E-state index < -0.39 is 0 Å². The van der Waals surface area contributed by atoms with Gasteiger partial charge in [0.2, 0.25) is 5.91 Å². The fourth-order valence-electron chi connectivity index (χ4n) is 4.60. The van der Waals surface area contributed by atoms with Gasteiger partial charge in [-0.2, -0.15) is 0 Å². The molecule has 2 heterocycles. The lowest BCUT2D eigenvalue weighted by molar-refractivity contribution is -0.117. The van der Waals surface area contributed by atoms with Crippen LogP contribution in [0.4, 0.5) is 10.1 Å². The highest BCUT2D eigenvalue weighted by atomic mass is 19.1. The van der Waals surface area contributed by atoms with E-state index in [9.17, 15) is 9.18 Å². The number of nitrogens with one attached hydrogen (secondary N) is 2. The highest BCUT2D eigenvalue weighted by Gasteiger charge is 2.22. The van der Waals surface area contributed by atoms with E-state index in [-0.39, 0.29) is 11.7 Å². The van der Waals surface area contributed by atoms with Gasteiger partial charge in [0.05, 0.1) is 6.61 Å². The van der Waals surface area contributed by atoms with Crippen molar-refractivity contribution in [1.29, 1.82) is 0 Å². The van der Waals surface area contributed by atoms with Crippen LogP contribution in [0.15, 0.2) is 42.5 Å². The Morgan fingerprint density at radius 3 is 2.75 bits per heavy atom. The molecule has 5 nitrogen and oxygen atoms in total. The van der Waals surface area contributed by atoms with E-state index in [1.54, 1.807) is 12.1 Å². The topological polar surface area (TPSA) is 53.6 Å². The maximum Gasteiger partial charge on any atom is 0.227 e. The van der Waals surface area contributed by atoms with Crippen molar-refractivity contribution in [2.45, 2.75) is 51.6 Å². The van der Waals surface area contributed by atoms with Gasteiger partial charge in [0.25, 0.3) is 0 Å². The number of carbonyl (C=O) groups excluding carboxylic acids is 1. The lowest BCUT2D eigenvalue weighted by Crippen LogP contribution is -2.29. The summed E-state index contributed by atoms with van der Waals surface area (Å²) in [4.78, 5) is 14.1. The van der Waals surface area contributed by atoms with Gasteiger partial charge in [0.1, 0.15) is 11.6 Å². The van der Waals surface area contributed by atoms with Gasteiger partial charge in [-0.05, 0) is 87.0 Å². The number of benzene rings is 2. The average molecular weight is 440 g/mol. The lowest BCUT2D eigenvalue weighted by atomic mass is 9.95. The number of hydrogen-bond acceptors (Lipinski definition) is 4. The number of amides is 1. The molecule has 6 heteroatoms. The van der Waals surface area contributed by atoms with Gasteiger partial charge in [-0.3, -0.25) is 4.79 Å². The zero-order valence-corrected chi connectivity index (χ0v) is 18.7. The molecule has 0 radical (unpaired) electrons. The molecule has 2 aromatic carbocycles. The van der Waals surface area contributed by atoms with E-state index in [2.05, 4.69) is 16.7 Å². The van der Waals surface area contributed by atoms with Crippen LogP contribution in [0.25, 0.3) is 0 Å². The molecule has 2 aliphatic rings. The van der Waals surface area contributed by atoms with Gasteiger partial charge in [0, 0.05) is 37.3 Å². The van der Waals surface area contributed by atoms with Gasteiger partial charge in [-0.15, -0.1) is 0 Å². The maximum atomic E-state index is 13.1. The predicted octanol–water partition coefficient (Wildman–Crippen LogP) is 4.40. The Morgan fingerprint density at radius 1 is 1.12 bits per heavy atom. The zero-order chi connectivity index (χ0) is 22.2. The van der Waals surface area contributed by atoms with Crippen LogP contribution in [-0.4, -0.2) is 32.1 Å². The first kappa shape index (κ1) is 22.7. The summed E-state index contributed by atoms with van der Waals surface area (Å²) in [6.07, 6.45) is 6.33. The molecule has 32 heavy (non-hydrogen) atoms. The second kappa shape index (κ2) is 11.4. The van der Waals surface area contributed by atoms with Crippen molar-refractivity contribution in [3.63, 3.8) is 0 Å². The molecular weight excluding hydrogens is 405 g/mol. The van der Waals surface area contributed by atoms with Crippen LogP contribution < -0.4 is 20.3 Å². The molecule has 0 bridgehead atoms. The number of halogens is 1. The van der Waals surface area contributed by atoms with Crippen LogP contribution in [0.5, 0.6) is 5.75 Å². The van der Waals surface area contributed by atoms with Crippen LogP contribution in [0, 0.1) is 11.7 Å². The Bertz CT molecular complexity index is 881. The summed E-state index contributed by atoms with van der Waals surface area (Å²) in [5.41, 5.74) is 3.01. The fraction of sp³-hybridized carbons (Fsp3) is 0.500. The van der Waals surface area contributed by atoms with Gasteiger partial charge in [0.15, 0.2) is 0 Å². The van der Waals surface area contributed by atoms with Crippen molar-refractivity contribution in [2.75, 3.05) is 31.1 Å². The normalized spacial score (nSPS) is 18.8. The highest BCUT2D eigenvalue weighted by Crippen LogP contribution is 2.28. The molecule has 1 amide bonds. The Kier molecular flexibility index (Phi) is 8.13. The van der Waals surface area contributed by atoms with Crippen molar-refractivity contribution in [3.05, 3.63) is 59.4 Å². The monoisotopic (exact) mass is 439 g/mol. The van der Waals surface area contributed by atoms with Crippen LogP contribution >= 0.6 is 0 Å². The van der Waals surface area contributed by atoms with Gasteiger partial charge in [-0.1, -0.05) is 12.1 Å². The van der Waals surface area contributed by atoms with E-state index in [1.165, 1.54) is 31.4 Å². The number of ether oxygens (including phenoxy) is 1. The van der Waals surface area contributed by atoms with Gasteiger partial charge in [-0.25, -0.2) is 4.39 Å². The largest absolute Gasteiger partial charge is 0.493 e. The standard InChI is InChI=1S/C26H34FN3O2/c27-23-9-7-21(8-10-23)18-29-19-22-16-24(30-14-2-6-26(30)31)11-12-25(22)32-15-3-5-20-4-1-13-28-17-20/h7-12,16,20,28-29H,1-6,13-15,17-19H2. The van der Waals surface area contributed by atoms with Gasteiger partial charge >= 0.3 is 0 Å². The summed E-state index contributed by atoms with van der Waals surface area (Å²) in [7, 11) is 0. The smallest absolute Gasteiger partial charge is 0.227 e. The molecule has 172 valence electrons. The third-order valence-electron chi connectivity index (χ3n) is 6.40. The third kappa shape index (κ3) is 6.30. The van der Waals surface area contributed by atoms with Crippen molar-refractivity contribution < 1.29 is 13.9 Å². The fourth-order valence-corrected chi connectivity index (χ4v) is 4.60. The first-order chi connectivity index (χ1) is 15.7. The molecule has 2 N–H and O–H groups in total. The summed E-state index contributed by atoms with van der Waals surface area (Å²) in [6.45, 7) is 5.00. The molecule has 2 aliphatic heterocycles. The van der Waals surface area contributed by atoms with Gasteiger partial charge < -0.3 is 20.3 Å². The number of anilines is 1. The van der Waals surface area contributed by atoms with Crippen LogP contribution in [0.3, 0.4) is 0 Å². The average Bonchev–Trinajstić information content (AvgIpc) is 3.25. The summed E-state index contributed by atoms with van der Waals surface area (Å²) in [5, 5.41) is 6.91. The molecule has 4 rings (SSSR count). The minimum Gasteiger partial charge on any atom is -0.493 e. The molecule has 2 fully saturated rings. The molecule has 2 saturated heterocycles. The highest BCUT2D eigenvalue weighted by molar-refractivity contribution is 5.95. The Morgan fingerprint density at radius 2 is 2.00 bits per heavy atom. The van der Waals surface area contributed by atoms with E-state index in [1.807, 2.05) is 17.0 Å². The number of hydrogen-bond donors (Lipinski definition) is 2. The Balaban J connectivity index is 1.37. The van der Waals surface area contributed by atoms with E-state index in [0.29, 0.717) is 26.1 Å². The summed E-state index contributed by atoms with van der Waals surface area (Å²) in [6, 6.07) is 12.6. The third-order valence-corrected chi connectivity index (χ3v) is 6.40. The first-order valence-electron chi connectivity index (χ1n) is 11.9. The first-order valence-corrected chi connectivity index (χ1v) is 11.9. The minimum atomic E-state index is -0.226. The number of piperidine rings is 1. The predicted molar refractivity (Wildman–Crippen MR) is 125 cm³/mol. The molecule has 0 spiro atoms. The minimum absolute atomic E-state index is 0.185. The molecule has 2 aromatic rings. The van der Waals surface area contributed by atoms with Crippen LogP contribution in [-0.2, 0) is 17.9 Å². The quantitative estimate of drug-likeness (QED) is 0.539. The van der Waals surface area contributed by atoms with Crippen LogP contribution in [0.1, 0.15) is 49.7 Å². The van der Waals surface area contributed by atoms with E-state index in [0.717, 1.165) is 61.0 Å². The molecule has 1 unspecified atom stereocenters. The molecule has 0 aliphatic carbocycles. The molecule has 0 saturated carbocycles. The Labute approximate surface area is 190 Å². The van der Waals surface area contributed by atoms with E-state index in [4.69, 9.17) is 4.74 Å². The number of rotatable bonds is 10. The molecular formula is C26H34FN3O2. The lowest BCUT2D eigenvalue weighted by Gasteiger charge is -2.23. The summed E-state index contributed by atoms with van der Waals surface area (Å²) >= 11 is 0. The molecule has 1 atom stereocenters. The molecule has 0 aromatic heterocycles. The second-order valence-corrected chi connectivity index (χ2v) is 8.87. The van der Waals surface area contributed by atoms with E-state index >= 15 is 0 Å². The van der Waals surface area contributed by atoms with Crippen molar-refractivity contribution in [2.24, 2.45) is 5.92 Å². The second-order valence-electron chi connectivity index (χ2n) is 8.87. The van der Waals surface area contributed by atoms with Crippen molar-refractivity contribution in [3.8, 4) is 5.75 Å². The number of carbonyl (C=O) groups is 1. The van der Waals surface area contributed by atoms with Crippen molar-refractivity contribution >= 4 is 11.6 Å². The van der Waals surface area contributed by atoms with Crippen LogP contribution in [0.2, 0.25) is 0 Å². The maximum absolute atomic E-state index is 13.1. The SMILES string of the molecule is O=C1CCCN1c1ccc(OCCCC2CCCNC2)c(CNCc2ccc(F)cc2)c1. The Hall–Kier alpha value is -2.44. The van der Waals surface area contributed by atoms with Crippen molar-refractivity contribution in [1.82, 2.24) is 10.6 Å².